The van der Waals surface area contributed by atoms with Gasteiger partial charge in [0.25, 0.3) is 0 Å². The van der Waals surface area contributed by atoms with E-state index >= 15 is 0 Å². The molecule has 3 unspecified atom stereocenters. The van der Waals surface area contributed by atoms with Crippen molar-refractivity contribution in [1.82, 2.24) is 0 Å². The van der Waals surface area contributed by atoms with Gasteiger partial charge in [-0.15, -0.1) is 0 Å². The first kappa shape index (κ1) is 25.3. The largest absolute Gasteiger partial charge is 0.393 e. The van der Waals surface area contributed by atoms with Gasteiger partial charge in [-0.05, 0) is 86.7 Å². The highest BCUT2D eigenvalue weighted by Crippen LogP contribution is 2.68. The van der Waals surface area contributed by atoms with E-state index in [-0.39, 0.29) is 29.6 Å². The maximum atomic E-state index is 13.2. The van der Waals surface area contributed by atoms with Crippen LogP contribution in [-0.2, 0) is 4.79 Å². The van der Waals surface area contributed by atoms with E-state index in [1.54, 1.807) is 13.0 Å². The van der Waals surface area contributed by atoms with Crippen LogP contribution >= 0.6 is 0 Å². The predicted molar refractivity (Wildman–Crippen MR) is 125 cm³/mol. The number of ketones is 1. The Kier molecular flexibility index (Phi) is 6.45. The van der Waals surface area contributed by atoms with E-state index in [1.807, 2.05) is 0 Å². The van der Waals surface area contributed by atoms with Crippen LogP contribution in [0.3, 0.4) is 0 Å². The number of fused-ring (bicyclic) bond motifs is 5. The predicted octanol–water partition coefficient (Wildman–Crippen LogP) is 2.74. The summed E-state index contributed by atoms with van der Waals surface area (Å²) < 4.78 is 0. The molecule has 0 heterocycles. The number of hydrogen-bond donors (Lipinski definition) is 5. The summed E-state index contributed by atoms with van der Waals surface area (Å²) in [7, 11) is 0. The molecule has 0 bridgehead atoms. The van der Waals surface area contributed by atoms with Gasteiger partial charge in [-0.2, -0.15) is 0 Å². The molecule has 4 aliphatic carbocycles. The van der Waals surface area contributed by atoms with E-state index in [9.17, 15) is 30.3 Å². The Morgan fingerprint density at radius 1 is 1.15 bits per heavy atom. The van der Waals surface area contributed by atoms with Crippen LogP contribution in [0.15, 0.2) is 11.6 Å². The highest BCUT2D eigenvalue weighted by molar-refractivity contribution is 5.95. The molecule has 6 heteroatoms. The highest BCUT2D eigenvalue weighted by atomic mass is 16.3. The second-order valence-electron chi connectivity index (χ2n) is 12.7. The van der Waals surface area contributed by atoms with Crippen LogP contribution in [0.2, 0.25) is 0 Å². The van der Waals surface area contributed by atoms with Crippen molar-refractivity contribution < 1.29 is 30.3 Å². The molecule has 33 heavy (non-hydrogen) atoms. The van der Waals surface area contributed by atoms with Crippen LogP contribution in [0.25, 0.3) is 0 Å². The third-order valence-corrected chi connectivity index (χ3v) is 10.6. The number of aliphatic hydroxyl groups is 5. The molecule has 0 aromatic rings. The van der Waals surface area contributed by atoms with E-state index in [0.717, 1.165) is 37.7 Å². The lowest BCUT2D eigenvalue weighted by Gasteiger charge is -2.60. The molecule has 188 valence electrons. The van der Waals surface area contributed by atoms with Gasteiger partial charge in [-0.25, -0.2) is 0 Å². The van der Waals surface area contributed by atoms with E-state index in [4.69, 9.17) is 0 Å². The van der Waals surface area contributed by atoms with Crippen molar-refractivity contribution in [2.24, 2.45) is 34.5 Å². The van der Waals surface area contributed by atoms with Crippen LogP contribution in [0, 0.1) is 34.5 Å². The number of hydrogen-bond acceptors (Lipinski definition) is 6. The van der Waals surface area contributed by atoms with Gasteiger partial charge < -0.3 is 25.5 Å². The molecular formula is C27H44O6. The maximum absolute atomic E-state index is 13.2. The first-order valence-corrected chi connectivity index (χ1v) is 13.0. The molecule has 10 atom stereocenters. The van der Waals surface area contributed by atoms with Crippen LogP contribution in [0.4, 0.5) is 0 Å². The lowest BCUT2D eigenvalue weighted by Crippen LogP contribution is -2.60. The molecule has 6 nitrogen and oxygen atoms in total. The van der Waals surface area contributed by atoms with Crippen molar-refractivity contribution in [2.75, 3.05) is 6.61 Å². The fourth-order valence-electron chi connectivity index (χ4n) is 8.41. The van der Waals surface area contributed by atoms with Crippen molar-refractivity contribution in [1.29, 1.82) is 0 Å². The Bertz CT molecular complexity index is 806. The molecule has 0 amide bonds. The third-order valence-electron chi connectivity index (χ3n) is 10.6. The normalized spacial score (nSPS) is 47.7. The fraction of sp³-hybridized carbons (Fsp3) is 0.889. The molecule has 3 saturated carbocycles. The molecule has 0 radical (unpaired) electrons. The molecule has 0 aliphatic heterocycles. The topological polar surface area (TPSA) is 118 Å². The summed E-state index contributed by atoms with van der Waals surface area (Å²) in [6.45, 7) is 7.93. The molecule has 0 saturated heterocycles. The first-order valence-electron chi connectivity index (χ1n) is 13.0. The van der Waals surface area contributed by atoms with E-state index < -0.39 is 28.8 Å². The van der Waals surface area contributed by atoms with Crippen molar-refractivity contribution in [3.8, 4) is 0 Å². The second kappa shape index (κ2) is 8.41. The molecule has 5 N–H and O–H groups in total. The summed E-state index contributed by atoms with van der Waals surface area (Å²) in [5.41, 5.74) is -1.94. The Hall–Kier alpha value is -0.790. The number of rotatable bonds is 6. The second-order valence-corrected chi connectivity index (χ2v) is 12.7. The average molecular weight is 465 g/mol. The van der Waals surface area contributed by atoms with Gasteiger partial charge in [0.05, 0.1) is 30.0 Å². The molecular weight excluding hydrogens is 420 g/mol. The summed E-state index contributed by atoms with van der Waals surface area (Å²) >= 11 is 0. The number of carbonyl (C=O) groups is 1. The van der Waals surface area contributed by atoms with Crippen molar-refractivity contribution >= 4 is 5.78 Å². The lowest BCUT2D eigenvalue weighted by molar-refractivity contribution is -0.153. The van der Waals surface area contributed by atoms with Crippen molar-refractivity contribution in [3.63, 3.8) is 0 Å². The van der Waals surface area contributed by atoms with Gasteiger partial charge in [0, 0.05) is 11.3 Å². The first-order chi connectivity index (χ1) is 15.3. The fourth-order valence-corrected chi connectivity index (χ4v) is 8.41. The summed E-state index contributed by atoms with van der Waals surface area (Å²) in [6.07, 6.45) is 6.34. The van der Waals surface area contributed by atoms with Gasteiger partial charge in [0.15, 0.2) is 5.78 Å². The Labute approximate surface area is 198 Å². The molecule has 0 aromatic carbocycles. The van der Waals surface area contributed by atoms with Gasteiger partial charge in [-0.3, -0.25) is 4.79 Å². The Balaban J connectivity index is 1.57. The van der Waals surface area contributed by atoms with Crippen LogP contribution in [0.5, 0.6) is 0 Å². The third kappa shape index (κ3) is 3.85. The molecule has 0 spiro atoms. The van der Waals surface area contributed by atoms with Crippen molar-refractivity contribution in [2.45, 2.75) is 109 Å². The molecule has 4 aliphatic rings. The summed E-state index contributed by atoms with van der Waals surface area (Å²) in [5.74, 6) is 0.435. The lowest BCUT2D eigenvalue weighted by atomic mass is 9.46. The van der Waals surface area contributed by atoms with Crippen LogP contribution in [-0.4, -0.2) is 61.3 Å². The molecule has 0 aromatic heterocycles. The van der Waals surface area contributed by atoms with Crippen molar-refractivity contribution in [3.05, 3.63) is 11.6 Å². The number of allylic oxidation sites excluding steroid dienone is 1. The minimum atomic E-state index is -1.05. The highest BCUT2D eigenvalue weighted by Gasteiger charge is 2.66. The zero-order valence-corrected chi connectivity index (χ0v) is 20.8. The summed E-state index contributed by atoms with van der Waals surface area (Å²) in [6, 6.07) is 0. The maximum Gasteiger partial charge on any atom is 0.159 e. The van der Waals surface area contributed by atoms with Gasteiger partial charge >= 0.3 is 0 Å². The Morgan fingerprint density at radius 2 is 1.85 bits per heavy atom. The summed E-state index contributed by atoms with van der Waals surface area (Å²) in [4.78, 5) is 13.2. The standard InChI is InChI=1S/C27H44O6/c1-16(6-5-9-24(2,32)15-28)17-8-11-27(33)19-12-21(29)20-13-22(30)23(31)14-25(20,3)18(19)7-10-26(17,27)4/h12,16-18,20,22-23,28,30-33H,5-11,13-15H2,1-4H3/t16?,17-,18?,20+,22-,23+,24?,25-,26-,27-/m1/s1. The van der Waals surface area contributed by atoms with E-state index in [0.29, 0.717) is 37.5 Å². The van der Waals surface area contributed by atoms with Crippen LogP contribution < -0.4 is 0 Å². The zero-order valence-electron chi connectivity index (χ0n) is 20.8. The van der Waals surface area contributed by atoms with Gasteiger partial charge in [0.1, 0.15) is 0 Å². The van der Waals surface area contributed by atoms with E-state index in [2.05, 4.69) is 20.8 Å². The van der Waals surface area contributed by atoms with E-state index in [1.165, 1.54) is 0 Å². The SMILES string of the molecule is CC(CCCC(C)(O)CO)[C@H]1CC[C@@]2(O)C3=CC(=O)[C@@H]4C[C@@H](O)[C@@H](O)C[C@]4(C)C3CC[C@]12C. The minimum absolute atomic E-state index is 0.00453. The number of carbonyl (C=O) groups excluding carboxylic acids is 1. The molecule has 3 fully saturated rings. The average Bonchev–Trinajstić information content (AvgIpc) is 3.02. The number of aliphatic hydroxyl groups excluding tert-OH is 3. The zero-order chi connectivity index (χ0) is 24.4. The van der Waals surface area contributed by atoms with Gasteiger partial charge in [-0.1, -0.05) is 33.6 Å². The molecule has 4 rings (SSSR count). The monoisotopic (exact) mass is 464 g/mol. The van der Waals surface area contributed by atoms with Gasteiger partial charge in [0.2, 0.25) is 0 Å². The minimum Gasteiger partial charge on any atom is -0.393 e. The Morgan fingerprint density at radius 3 is 2.52 bits per heavy atom. The summed E-state index contributed by atoms with van der Waals surface area (Å²) in [5, 5.41) is 52.3. The quantitative estimate of drug-likeness (QED) is 0.413. The smallest absolute Gasteiger partial charge is 0.159 e. The van der Waals surface area contributed by atoms with Crippen LogP contribution in [0.1, 0.15) is 85.5 Å².